The number of hydrogen-bond donors (Lipinski definition) is 1. The first-order chi connectivity index (χ1) is 6.38. The van der Waals surface area contributed by atoms with E-state index in [1.807, 2.05) is 18.2 Å². The lowest BCUT2D eigenvalue weighted by molar-refractivity contribution is 0.0479. The van der Waals surface area contributed by atoms with Crippen LogP contribution in [0.15, 0.2) is 24.3 Å². The van der Waals surface area contributed by atoms with Crippen molar-refractivity contribution < 1.29 is 5.11 Å². The van der Waals surface area contributed by atoms with Gasteiger partial charge in [0.2, 0.25) is 0 Å². The van der Waals surface area contributed by atoms with Crippen LogP contribution in [0.1, 0.15) is 5.56 Å². The van der Waals surface area contributed by atoms with Crippen LogP contribution in [-0.4, -0.2) is 29.7 Å². The summed E-state index contributed by atoms with van der Waals surface area (Å²) in [5.41, 5.74) is 1.24. The van der Waals surface area contributed by atoms with E-state index in [0.717, 1.165) is 19.6 Å². The Morgan fingerprint density at radius 3 is 2.92 bits per heavy atom. The second-order valence-electron chi connectivity index (χ2n) is 3.63. The molecule has 0 saturated carbocycles. The minimum Gasteiger partial charge on any atom is -0.396 e. The Bertz CT molecular complexity index is 254. The lowest BCUT2D eigenvalue weighted by Gasteiger charge is -2.38. The average Bonchev–Trinajstić information content (AvgIpc) is 2.12. The molecule has 1 heterocycles. The molecule has 0 amide bonds. The Morgan fingerprint density at radius 2 is 2.31 bits per heavy atom. The van der Waals surface area contributed by atoms with Crippen LogP contribution in [0, 0.1) is 12.0 Å². The maximum Gasteiger partial charge on any atom is 0.0483 e. The zero-order valence-electron chi connectivity index (χ0n) is 7.61. The zero-order chi connectivity index (χ0) is 9.10. The largest absolute Gasteiger partial charge is 0.396 e. The Balaban J connectivity index is 1.81. The molecule has 0 unspecified atom stereocenters. The molecule has 0 atom stereocenters. The molecule has 69 valence electrons. The van der Waals surface area contributed by atoms with Gasteiger partial charge < -0.3 is 5.11 Å². The van der Waals surface area contributed by atoms with Gasteiger partial charge in [-0.05, 0) is 11.6 Å². The van der Waals surface area contributed by atoms with Gasteiger partial charge in [0.05, 0.1) is 0 Å². The molecule has 0 bridgehead atoms. The number of hydrogen-bond acceptors (Lipinski definition) is 2. The number of rotatable bonds is 3. The fourth-order valence-electron chi connectivity index (χ4n) is 1.69. The fraction of sp³-hybridized carbons (Fsp3) is 0.455. The molecule has 13 heavy (non-hydrogen) atoms. The van der Waals surface area contributed by atoms with Crippen molar-refractivity contribution in [2.45, 2.75) is 6.54 Å². The first-order valence-corrected chi connectivity index (χ1v) is 4.67. The van der Waals surface area contributed by atoms with E-state index >= 15 is 0 Å². The molecule has 1 N–H and O–H groups in total. The smallest absolute Gasteiger partial charge is 0.0483 e. The van der Waals surface area contributed by atoms with Crippen molar-refractivity contribution in [3.8, 4) is 0 Å². The van der Waals surface area contributed by atoms with E-state index in [4.69, 9.17) is 5.11 Å². The van der Waals surface area contributed by atoms with Crippen molar-refractivity contribution >= 4 is 0 Å². The van der Waals surface area contributed by atoms with E-state index in [9.17, 15) is 0 Å². The van der Waals surface area contributed by atoms with Gasteiger partial charge in [0.15, 0.2) is 0 Å². The fourth-order valence-corrected chi connectivity index (χ4v) is 1.69. The topological polar surface area (TPSA) is 23.5 Å². The summed E-state index contributed by atoms with van der Waals surface area (Å²) in [7, 11) is 0. The predicted molar refractivity (Wildman–Crippen MR) is 51.1 cm³/mol. The van der Waals surface area contributed by atoms with Crippen molar-refractivity contribution in [1.82, 2.24) is 4.90 Å². The lowest BCUT2D eigenvalue weighted by atomic mass is 10.0. The van der Waals surface area contributed by atoms with Crippen molar-refractivity contribution in [1.29, 1.82) is 0 Å². The van der Waals surface area contributed by atoms with Crippen molar-refractivity contribution in [3.63, 3.8) is 0 Å². The number of likely N-dealkylation sites (tertiary alicyclic amines) is 1. The van der Waals surface area contributed by atoms with Gasteiger partial charge in [-0.25, -0.2) is 0 Å². The normalized spacial score (nSPS) is 18.5. The Kier molecular flexibility index (Phi) is 2.62. The Hall–Kier alpha value is -0.860. The molecule has 0 spiro atoms. The number of benzene rings is 1. The third kappa shape index (κ3) is 2.08. The molecule has 1 fully saturated rings. The summed E-state index contributed by atoms with van der Waals surface area (Å²) in [6.07, 6.45) is 0. The molecule has 2 nitrogen and oxygen atoms in total. The van der Waals surface area contributed by atoms with Gasteiger partial charge in [0.1, 0.15) is 0 Å². The molecule has 0 aromatic heterocycles. The van der Waals surface area contributed by atoms with E-state index in [1.54, 1.807) is 0 Å². The van der Waals surface area contributed by atoms with E-state index in [2.05, 4.69) is 17.0 Å². The number of aliphatic hydroxyl groups excluding tert-OH is 1. The zero-order valence-corrected chi connectivity index (χ0v) is 7.61. The van der Waals surface area contributed by atoms with Crippen molar-refractivity contribution in [2.75, 3.05) is 19.7 Å². The molecule has 2 heteroatoms. The molecule has 2 rings (SSSR count). The number of aliphatic hydroxyl groups is 1. The molecule has 1 aliphatic rings. The highest BCUT2D eigenvalue weighted by atomic mass is 16.3. The third-order valence-electron chi connectivity index (χ3n) is 2.46. The standard InChI is InChI=1S/C11H14NO/c13-9-11-7-12(8-11)6-10-4-2-1-3-5-10/h1-4,11,13H,6-9H2. The van der Waals surface area contributed by atoms with Crippen LogP contribution in [0.3, 0.4) is 0 Å². The van der Waals surface area contributed by atoms with E-state index in [1.165, 1.54) is 5.56 Å². The van der Waals surface area contributed by atoms with Crippen molar-refractivity contribution in [3.05, 3.63) is 35.9 Å². The molecule has 1 aromatic rings. The summed E-state index contributed by atoms with van der Waals surface area (Å²) in [4.78, 5) is 2.33. The summed E-state index contributed by atoms with van der Waals surface area (Å²) in [6.45, 7) is 3.35. The molecular weight excluding hydrogens is 162 g/mol. The second-order valence-corrected chi connectivity index (χ2v) is 3.63. The first-order valence-electron chi connectivity index (χ1n) is 4.67. The quantitative estimate of drug-likeness (QED) is 0.740. The van der Waals surface area contributed by atoms with Crippen LogP contribution in [0.2, 0.25) is 0 Å². The highest BCUT2D eigenvalue weighted by Crippen LogP contribution is 2.17. The summed E-state index contributed by atoms with van der Waals surface area (Å²) >= 11 is 0. The van der Waals surface area contributed by atoms with Gasteiger partial charge in [-0.15, -0.1) is 0 Å². The van der Waals surface area contributed by atoms with Gasteiger partial charge in [-0.1, -0.05) is 24.3 Å². The summed E-state index contributed by atoms with van der Waals surface area (Å²) in [6, 6.07) is 11.2. The lowest BCUT2D eigenvalue weighted by Crippen LogP contribution is -2.47. The summed E-state index contributed by atoms with van der Waals surface area (Å²) < 4.78 is 0. The van der Waals surface area contributed by atoms with Gasteiger partial charge in [0, 0.05) is 32.2 Å². The molecule has 1 radical (unpaired) electrons. The van der Waals surface area contributed by atoms with Gasteiger partial charge in [-0.3, -0.25) is 4.90 Å². The third-order valence-corrected chi connectivity index (χ3v) is 2.46. The van der Waals surface area contributed by atoms with E-state index < -0.39 is 0 Å². The minimum atomic E-state index is 0.328. The van der Waals surface area contributed by atoms with Crippen LogP contribution < -0.4 is 0 Å². The monoisotopic (exact) mass is 176 g/mol. The predicted octanol–water partition coefficient (Wildman–Crippen LogP) is 0.911. The molecular formula is C11H14NO. The maximum absolute atomic E-state index is 8.84. The first kappa shape index (κ1) is 8.73. The van der Waals surface area contributed by atoms with E-state index in [-0.39, 0.29) is 0 Å². The van der Waals surface area contributed by atoms with Crippen LogP contribution in [0.5, 0.6) is 0 Å². The Labute approximate surface area is 78.8 Å². The van der Waals surface area contributed by atoms with Gasteiger partial charge in [-0.2, -0.15) is 0 Å². The summed E-state index contributed by atoms with van der Waals surface area (Å²) in [5, 5.41) is 8.84. The van der Waals surface area contributed by atoms with E-state index in [0.29, 0.717) is 12.5 Å². The molecule has 1 aromatic carbocycles. The van der Waals surface area contributed by atoms with Crippen LogP contribution in [0.25, 0.3) is 0 Å². The average molecular weight is 176 g/mol. The Morgan fingerprint density at radius 1 is 1.46 bits per heavy atom. The second kappa shape index (κ2) is 3.90. The highest BCUT2D eigenvalue weighted by Gasteiger charge is 2.25. The number of nitrogens with zero attached hydrogens (tertiary/aromatic N) is 1. The van der Waals surface area contributed by atoms with Crippen molar-refractivity contribution in [2.24, 2.45) is 5.92 Å². The molecule has 0 aliphatic carbocycles. The van der Waals surface area contributed by atoms with Crippen LogP contribution in [0.4, 0.5) is 0 Å². The van der Waals surface area contributed by atoms with Gasteiger partial charge >= 0.3 is 0 Å². The molecule has 1 aliphatic heterocycles. The SMILES string of the molecule is OCC1CN(Cc2[c]cccc2)C1. The highest BCUT2D eigenvalue weighted by molar-refractivity contribution is 5.13. The van der Waals surface area contributed by atoms with Crippen LogP contribution >= 0.6 is 0 Å². The summed E-state index contributed by atoms with van der Waals surface area (Å²) in [5.74, 6) is 0.503. The van der Waals surface area contributed by atoms with Gasteiger partial charge in [0.25, 0.3) is 0 Å². The van der Waals surface area contributed by atoms with Crippen LogP contribution in [-0.2, 0) is 6.54 Å². The molecule has 1 saturated heterocycles. The minimum absolute atomic E-state index is 0.328. The maximum atomic E-state index is 8.84.